The largest absolute Gasteiger partial charge is 0.372 e. The maximum absolute atomic E-state index is 13.3. The molecule has 1 aliphatic rings. The minimum atomic E-state index is -3.28. The van der Waals surface area contributed by atoms with E-state index in [9.17, 15) is 12.8 Å². The maximum atomic E-state index is 13.3. The fraction of sp³-hybridized carbons (Fsp3) is 0.538. The summed E-state index contributed by atoms with van der Waals surface area (Å²) in [6, 6.07) is 4.44. The second kappa shape index (κ2) is 8.42. The van der Waals surface area contributed by atoms with Crippen LogP contribution in [0.1, 0.15) is 11.7 Å². The van der Waals surface area contributed by atoms with Crippen LogP contribution in [0.2, 0.25) is 5.02 Å². The van der Waals surface area contributed by atoms with Gasteiger partial charge in [-0.05, 0) is 17.7 Å². The fourth-order valence-corrected chi connectivity index (χ4v) is 2.99. The molecular formula is C13H19Cl2FN2O3S. The highest BCUT2D eigenvalue weighted by Gasteiger charge is 2.27. The van der Waals surface area contributed by atoms with Crippen LogP contribution in [0.25, 0.3) is 0 Å². The molecule has 5 nitrogen and oxygen atoms in total. The molecule has 9 heteroatoms. The minimum Gasteiger partial charge on any atom is -0.372 e. The minimum absolute atomic E-state index is 0. The number of benzene rings is 1. The highest BCUT2D eigenvalue weighted by molar-refractivity contribution is 7.88. The van der Waals surface area contributed by atoms with E-state index in [1.807, 2.05) is 0 Å². The van der Waals surface area contributed by atoms with Crippen LogP contribution in [0.4, 0.5) is 4.39 Å². The van der Waals surface area contributed by atoms with Crippen molar-refractivity contribution in [3.63, 3.8) is 0 Å². The third-order valence-corrected chi connectivity index (χ3v) is 4.27. The molecule has 2 N–H and O–H groups in total. The van der Waals surface area contributed by atoms with Crippen LogP contribution in [0, 0.1) is 11.7 Å². The van der Waals surface area contributed by atoms with Crippen molar-refractivity contribution in [2.75, 3.05) is 32.5 Å². The van der Waals surface area contributed by atoms with Gasteiger partial charge in [-0.1, -0.05) is 17.7 Å². The predicted molar refractivity (Wildman–Crippen MR) is 86.6 cm³/mol. The first kappa shape index (κ1) is 19.6. The van der Waals surface area contributed by atoms with Gasteiger partial charge in [-0.2, -0.15) is 0 Å². The van der Waals surface area contributed by atoms with Crippen molar-refractivity contribution in [3.8, 4) is 0 Å². The lowest BCUT2D eigenvalue weighted by molar-refractivity contribution is 0.0322. The molecule has 2 rings (SSSR count). The Morgan fingerprint density at radius 2 is 2.23 bits per heavy atom. The van der Waals surface area contributed by atoms with Gasteiger partial charge in [-0.25, -0.2) is 17.5 Å². The number of rotatable bonds is 4. The summed E-state index contributed by atoms with van der Waals surface area (Å²) in [5.74, 6) is -0.596. The molecular weight excluding hydrogens is 354 g/mol. The molecule has 2 atom stereocenters. The van der Waals surface area contributed by atoms with Gasteiger partial charge in [0, 0.05) is 25.6 Å². The van der Waals surface area contributed by atoms with Crippen LogP contribution < -0.4 is 10.0 Å². The Labute approximate surface area is 141 Å². The lowest BCUT2D eigenvalue weighted by Gasteiger charge is -2.25. The number of nitrogens with one attached hydrogen (secondary N) is 2. The van der Waals surface area contributed by atoms with Crippen molar-refractivity contribution in [3.05, 3.63) is 34.6 Å². The molecule has 1 aromatic carbocycles. The van der Waals surface area contributed by atoms with E-state index in [4.69, 9.17) is 16.3 Å². The molecule has 0 aliphatic carbocycles. The lowest BCUT2D eigenvalue weighted by Crippen LogP contribution is -2.36. The monoisotopic (exact) mass is 372 g/mol. The summed E-state index contributed by atoms with van der Waals surface area (Å²) in [5, 5.41) is 3.22. The first-order valence-electron chi connectivity index (χ1n) is 6.59. The van der Waals surface area contributed by atoms with Crippen LogP contribution >= 0.6 is 24.0 Å². The van der Waals surface area contributed by atoms with Crippen molar-refractivity contribution in [2.45, 2.75) is 6.10 Å². The highest BCUT2D eigenvalue weighted by Crippen LogP contribution is 2.29. The molecule has 0 bridgehead atoms. The Bertz CT molecular complexity index is 601. The quantitative estimate of drug-likeness (QED) is 0.844. The van der Waals surface area contributed by atoms with E-state index in [0.29, 0.717) is 19.7 Å². The van der Waals surface area contributed by atoms with Crippen LogP contribution in [-0.4, -0.2) is 40.9 Å². The van der Waals surface area contributed by atoms with Crippen LogP contribution in [0.5, 0.6) is 0 Å². The van der Waals surface area contributed by atoms with Gasteiger partial charge in [0.15, 0.2) is 0 Å². The van der Waals surface area contributed by atoms with Gasteiger partial charge in [0.1, 0.15) is 5.82 Å². The summed E-state index contributed by atoms with van der Waals surface area (Å²) < 4.78 is 44.1. The van der Waals surface area contributed by atoms with Gasteiger partial charge in [-0.15, -0.1) is 12.4 Å². The summed E-state index contributed by atoms with van der Waals surface area (Å²) in [5.41, 5.74) is 0.741. The third-order valence-electron chi connectivity index (χ3n) is 3.29. The summed E-state index contributed by atoms with van der Waals surface area (Å²) in [7, 11) is -3.28. The molecule has 0 aromatic heterocycles. The maximum Gasteiger partial charge on any atom is 0.208 e. The Hall–Kier alpha value is -0.440. The van der Waals surface area contributed by atoms with E-state index < -0.39 is 15.8 Å². The van der Waals surface area contributed by atoms with Crippen molar-refractivity contribution in [1.29, 1.82) is 0 Å². The average Bonchev–Trinajstić information content (AvgIpc) is 2.64. The number of halogens is 3. The Morgan fingerprint density at radius 1 is 1.50 bits per heavy atom. The smallest absolute Gasteiger partial charge is 0.208 e. The van der Waals surface area contributed by atoms with E-state index >= 15 is 0 Å². The normalized spacial score (nSPS) is 22.7. The highest BCUT2D eigenvalue weighted by atomic mass is 35.5. The Morgan fingerprint density at radius 3 is 2.86 bits per heavy atom. The summed E-state index contributed by atoms with van der Waals surface area (Å²) in [6.07, 6.45) is 0.772. The fourth-order valence-electron chi connectivity index (χ4n) is 2.28. The van der Waals surface area contributed by atoms with Gasteiger partial charge < -0.3 is 10.1 Å². The molecule has 22 heavy (non-hydrogen) atoms. The molecule has 1 saturated heterocycles. The standard InChI is InChI=1S/C13H18ClFN2O3S.ClH/c1-21(18,19)17-8-10-7-16-4-5-20-13(10)9-2-3-12(15)11(14)6-9;/h2-3,6,10,13,16-17H,4-5,7-8H2,1H3;1H/t10-,13-;/m1./s1. The molecule has 1 aliphatic heterocycles. The average molecular weight is 373 g/mol. The Balaban J connectivity index is 0.00000242. The van der Waals surface area contributed by atoms with E-state index in [1.165, 1.54) is 12.1 Å². The molecule has 0 unspecified atom stereocenters. The molecule has 0 radical (unpaired) electrons. The summed E-state index contributed by atoms with van der Waals surface area (Å²) in [4.78, 5) is 0. The number of ether oxygens (including phenoxy) is 1. The lowest BCUT2D eigenvalue weighted by atomic mass is 9.95. The van der Waals surface area contributed by atoms with Crippen molar-refractivity contribution >= 4 is 34.0 Å². The zero-order valence-electron chi connectivity index (χ0n) is 12.0. The molecule has 0 saturated carbocycles. The van der Waals surface area contributed by atoms with Gasteiger partial charge in [-0.3, -0.25) is 0 Å². The van der Waals surface area contributed by atoms with Crippen molar-refractivity contribution < 1.29 is 17.5 Å². The van der Waals surface area contributed by atoms with Crippen molar-refractivity contribution in [2.24, 2.45) is 5.92 Å². The molecule has 1 heterocycles. The predicted octanol–water partition coefficient (Wildman–Crippen LogP) is 1.73. The number of hydrogen-bond acceptors (Lipinski definition) is 4. The van der Waals surface area contributed by atoms with E-state index in [1.54, 1.807) is 6.07 Å². The Kier molecular flexibility index (Phi) is 7.51. The third kappa shape index (κ3) is 5.64. The molecule has 1 fully saturated rings. The second-order valence-corrected chi connectivity index (χ2v) is 7.29. The van der Waals surface area contributed by atoms with Gasteiger partial charge >= 0.3 is 0 Å². The van der Waals surface area contributed by atoms with Crippen LogP contribution in [0.15, 0.2) is 18.2 Å². The molecule has 0 amide bonds. The molecule has 1 aromatic rings. The van der Waals surface area contributed by atoms with E-state index in [-0.39, 0.29) is 36.0 Å². The first-order chi connectivity index (χ1) is 9.87. The van der Waals surface area contributed by atoms with Gasteiger partial charge in [0.05, 0.1) is 24.0 Å². The molecule has 0 spiro atoms. The van der Waals surface area contributed by atoms with Crippen molar-refractivity contribution in [1.82, 2.24) is 10.0 Å². The molecule has 126 valence electrons. The summed E-state index contributed by atoms with van der Waals surface area (Å²) in [6.45, 7) is 2.02. The first-order valence-corrected chi connectivity index (χ1v) is 8.85. The van der Waals surface area contributed by atoms with E-state index in [2.05, 4.69) is 10.0 Å². The van der Waals surface area contributed by atoms with Crippen LogP contribution in [0.3, 0.4) is 0 Å². The topological polar surface area (TPSA) is 67.4 Å². The zero-order chi connectivity index (χ0) is 15.5. The number of hydrogen-bond donors (Lipinski definition) is 2. The second-order valence-electron chi connectivity index (χ2n) is 5.05. The van der Waals surface area contributed by atoms with Crippen LogP contribution in [-0.2, 0) is 14.8 Å². The summed E-state index contributed by atoms with van der Waals surface area (Å²) >= 11 is 5.81. The van der Waals surface area contributed by atoms with E-state index in [0.717, 1.165) is 11.8 Å². The van der Waals surface area contributed by atoms with Gasteiger partial charge in [0.2, 0.25) is 10.0 Å². The van der Waals surface area contributed by atoms with Gasteiger partial charge in [0.25, 0.3) is 0 Å². The number of sulfonamides is 1. The zero-order valence-corrected chi connectivity index (χ0v) is 14.4. The SMILES string of the molecule is CS(=O)(=O)NC[C@H]1CNCCO[C@@H]1c1ccc(F)c(Cl)c1.Cl.